The van der Waals surface area contributed by atoms with E-state index in [2.05, 4.69) is 56.4 Å². The Labute approximate surface area is 199 Å². The van der Waals surface area contributed by atoms with Gasteiger partial charge in [0.15, 0.2) is 11.5 Å². The SMILES string of the molecule is Cc1ccccc1-c1nnc2c3ccccc3nc(N3CCN(C(=O)C4CCCC4)C(C)C3)n12. The Morgan fingerprint density at radius 3 is 2.53 bits per heavy atom. The Bertz CT molecular complexity index is 1370. The highest BCUT2D eigenvalue weighted by molar-refractivity contribution is 5.93. The standard InChI is InChI=1S/C27H30N6O/c1-18-9-3-6-12-21(18)24-29-30-25-22-13-7-8-14-23(22)28-27(33(24)25)31-15-16-32(19(2)17-31)26(34)20-10-4-5-11-20/h3,6-9,12-14,19-20H,4-5,10-11,15-17H2,1-2H3. The van der Waals surface area contributed by atoms with Crippen molar-refractivity contribution >= 4 is 28.4 Å². The third-order valence-corrected chi connectivity index (χ3v) is 7.51. The molecule has 1 saturated heterocycles. The molecule has 2 aromatic carbocycles. The molecular weight excluding hydrogens is 424 g/mol. The minimum Gasteiger partial charge on any atom is -0.338 e. The molecule has 3 heterocycles. The predicted octanol–water partition coefficient (Wildman–Crippen LogP) is 4.48. The number of aromatic nitrogens is 4. The number of hydrogen-bond donors (Lipinski definition) is 0. The average molecular weight is 455 g/mol. The molecule has 0 bridgehead atoms. The van der Waals surface area contributed by atoms with Gasteiger partial charge in [0, 0.05) is 42.5 Å². The second-order valence-electron chi connectivity index (χ2n) is 9.73. The number of benzene rings is 2. The van der Waals surface area contributed by atoms with Crippen LogP contribution in [0.2, 0.25) is 0 Å². The molecule has 1 saturated carbocycles. The number of anilines is 1. The number of hydrogen-bond acceptors (Lipinski definition) is 5. The maximum absolute atomic E-state index is 13.1. The number of piperazine rings is 1. The van der Waals surface area contributed by atoms with Crippen LogP contribution in [0.15, 0.2) is 48.5 Å². The van der Waals surface area contributed by atoms with Crippen LogP contribution in [-0.2, 0) is 4.79 Å². The van der Waals surface area contributed by atoms with Crippen molar-refractivity contribution in [3.05, 3.63) is 54.1 Å². The summed E-state index contributed by atoms with van der Waals surface area (Å²) in [6, 6.07) is 16.5. The zero-order valence-corrected chi connectivity index (χ0v) is 19.8. The third-order valence-electron chi connectivity index (χ3n) is 7.51. The number of aryl methyl sites for hydroxylation is 1. The van der Waals surface area contributed by atoms with Crippen LogP contribution in [0.1, 0.15) is 38.2 Å². The quantitative estimate of drug-likeness (QED) is 0.457. The molecule has 1 atom stereocenters. The number of rotatable bonds is 3. The van der Waals surface area contributed by atoms with Crippen LogP contribution in [0, 0.1) is 12.8 Å². The van der Waals surface area contributed by atoms with Gasteiger partial charge in [-0.2, -0.15) is 0 Å². The molecule has 7 nitrogen and oxygen atoms in total. The zero-order chi connectivity index (χ0) is 23.2. The predicted molar refractivity (Wildman–Crippen MR) is 134 cm³/mol. The normalized spacial score (nSPS) is 19.4. The molecule has 0 radical (unpaired) electrons. The number of nitrogens with zero attached hydrogens (tertiary/aromatic N) is 6. The van der Waals surface area contributed by atoms with Crippen molar-refractivity contribution in [2.24, 2.45) is 5.92 Å². The molecule has 2 fully saturated rings. The Kier molecular flexibility index (Phi) is 5.20. The fourth-order valence-corrected chi connectivity index (χ4v) is 5.65. The molecule has 6 rings (SSSR count). The van der Waals surface area contributed by atoms with Crippen molar-refractivity contribution in [1.82, 2.24) is 24.5 Å². The van der Waals surface area contributed by atoms with E-state index < -0.39 is 0 Å². The fourth-order valence-electron chi connectivity index (χ4n) is 5.65. The van der Waals surface area contributed by atoms with Crippen LogP contribution in [0.5, 0.6) is 0 Å². The molecule has 0 N–H and O–H groups in total. The topological polar surface area (TPSA) is 66.6 Å². The smallest absolute Gasteiger partial charge is 0.226 e. The van der Waals surface area contributed by atoms with E-state index in [1.54, 1.807) is 0 Å². The Balaban J connectivity index is 1.43. The number of fused-ring (bicyclic) bond motifs is 3. The maximum atomic E-state index is 13.1. The highest BCUT2D eigenvalue weighted by Gasteiger charge is 2.34. The van der Waals surface area contributed by atoms with Crippen molar-refractivity contribution in [2.45, 2.75) is 45.6 Å². The summed E-state index contributed by atoms with van der Waals surface area (Å²) in [7, 11) is 0. The summed E-state index contributed by atoms with van der Waals surface area (Å²) in [5.41, 5.74) is 3.93. The van der Waals surface area contributed by atoms with E-state index in [0.717, 1.165) is 65.4 Å². The Morgan fingerprint density at radius 1 is 0.971 bits per heavy atom. The molecule has 1 unspecified atom stereocenters. The summed E-state index contributed by atoms with van der Waals surface area (Å²) < 4.78 is 2.10. The van der Waals surface area contributed by atoms with E-state index in [1.807, 2.05) is 30.3 Å². The highest BCUT2D eigenvalue weighted by atomic mass is 16.2. The summed E-state index contributed by atoms with van der Waals surface area (Å²) >= 11 is 0. The van der Waals surface area contributed by atoms with E-state index in [9.17, 15) is 4.79 Å². The molecule has 1 aliphatic heterocycles. The summed E-state index contributed by atoms with van der Waals surface area (Å²) in [6.07, 6.45) is 4.44. The maximum Gasteiger partial charge on any atom is 0.226 e. The van der Waals surface area contributed by atoms with E-state index in [-0.39, 0.29) is 12.0 Å². The van der Waals surface area contributed by atoms with Crippen LogP contribution in [-0.4, -0.2) is 56.1 Å². The van der Waals surface area contributed by atoms with Gasteiger partial charge < -0.3 is 9.80 Å². The Morgan fingerprint density at radius 2 is 1.74 bits per heavy atom. The fraction of sp³-hybridized carbons (Fsp3) is 0.407. The molecule has 7 heteroatoms. The summed E-state index contributed by atoms with van der Waals surface area (Å²) in [6.45, 7) is 6.46. The first-order chi connectivity index (χ1) is 16.6. The second-order valence-corrected chi connectivity index (χ2v) is 9.73. The van der Waals surface area contributed by atoms with Crippen molar-refractivity contribution in [3.63, 3.8) is 0 Å². The zero-order valence-electron chi connectivity index (χ0n) is 19.8. The van der Waals surface area contributed by atoms with Gasteiger partial charge in [-0.1, -0.05) is 49.2 Å². The number of amides is 1. The van der Waals surface area contributed by atoms with Gasteiger partial charge in [0.05, 0.1) is 5.52 Å². The van der Waals surface area contributed by atoms with Gasteiger partial charge in [-0.3, -0.25) is 4.79 Å². The first kappa shape index (κ1) is 21.1. The molecule has 1 aliphatic carbocycles. The number of carbonyl (C=O) groups excluding carboxylic acids is 1. The van der Waals surface area contributed by atoms with Crippen LogP contribution < -0.4 is 4.90 Å². The largest absolute Gasteiger partial charge is 0.338 e. The van der Waals surface area contributed by atoms with E-state index in [4.69, 9.17) is 4.98 Å². The molecule has 174 valence electrons. The van der Waals surface area contributed by atoms with Crippen molar-refractivity contribution < 1.29 is 4.79 Å². The highest BCUT2D eigenvalue weighted by Crippen LogP contribution is 2.32. The van der Waals surface area contributed by atoms with Gasteiger partial charge >= 0.3 is 0 Å². The first-order valence-corrected chi connectivity index (χ1v) is 12.4. The number of para-hydroxylation sites is 1. The minimum atomic E-state index is 0.128. The van der Waals surface area contributed by atoms with E-state index in [0.29, 0.717) is 12.5 Å². The van der Waals surface area contributed by atoms with Gasteiger partial charge in [-0.05, 0) is 44.4 Å². The molecule has 2 aliphatic rings. The van der Waals surface area contributed by atoms with E-state index in [1.165, 1.54) is 12.8 Å². The van der Waals surface area contributed by atoms with Crippen molar-refractivity contribution in [3.8, 4) is 11.4 Å². The van der Waals surface area contributed by atoms with Gasteiger partial charge in [-0.25, -0.2) is 9.38 Å². The lowest BCUT2D eigenvalue weighted by Gasteiger charge is -2.41. The van der Waals surface area contributed by atoms with Crippen molar-refractivity contribution in [2.75, 3.05) is 24.5 Å². The first-order valence-electron chi connectivity index (χ1n) is 12.4. The molecule has 34 heavy (non-hydrogen) atoms. The molecular formula is C27H30N6O. The van der Waals surface area contributed by atoms with Crippen LogP contribution in [0.3, 0.4) is 0 Å². The average Bonchev–Trinajstić information content (AvgIpc) is 3.54. The van der Waals surface area contributed by atoms with Gasteiger partial charge in [0.2, 0.25) is 11.9 Å². The molecule has 0 spiro atoms. The lowest BCUT2D eigenvalue weighted by molar-refractivity contribution is -0.137. The molecule has 4 aromatic rings. The number of carbonyl (C=O) groups is 1. The van der Waals surface area contributed by atoms with Crippen molar-refractivity contribution in [1.29, 1.82) is 0 Å². The van der Waals surface area contributed by atoms with Gasteiger partial charge in [0.1, 0.15) is 0 Å². The lowest BCUT2D eigenvalue weighted by Crippen LogP contribution is -2.55. The lowest BCUT2D eigenvalue weighted by atomic mass is 10.0. The Hall–Kier alpha value is -3.48. The molecule has 1 amide bonds. The summed E-state index contributed by atoms with van der Waals surface area (Å²) in [5.74, 6) is 2.20. The van der Waals surface area contributed by atoms with Crippen LogP contribution in [0.4, 0.5) is 5.95 Å². The second kappa shape index (κ2) is 8.38. The van der Waals surface area contributed by atoms with Crippen LogP contribution >= 0.6 is 0 Å². The van der Waals surface area contributed by atoms with Crippen LogP contribution in [0.25, 0.3) is 27.9 Å². The monoisotopic (exact) mass is 454 g/mol. The summed E-state index contributed by atoms with van der Waals surface area (Å²) in [4.78, 5) is 22.6. The molecule has 2 aromatic heterocycles. The summed E-state index contributed by atoms with van der Waals surface area (Å²) in [5, 5.41) is 10.2. The minimum absolute atomic E-state index is 0.128. The van der Waals surface area contributed by atoms with Gasteiger partial charge in [-0.15, -0.1) is 10.2 Å². The third kappa shape index (κ3) is 3.42. The van der Waals surface area contributed by atoms with E-state index >= 15 is 0 Å². The van der Waals surface area contributed by atoms with Gasteiger partial charge in [0.25, 0.3) is 0 Å².